The molecule has 8 heteroatoms. The van der Waals surface area contributed by atoms with Gasteiger partial charge in [-0.25, -0.2) is 4.98 Å². The van der Waals surface area contributed by atoms with Gasteiger partial charge in [-0.3, -0.25) is 9.59 Å². The van der Waals surface area contributed by atoms with Crippen molar-refractivity contribution in [3.63, 3.8) is 0 Å². The molecule has 0 radical (unpaired) electrons. The van der Waals surface area contributed by atoms with Gasteiger partial charge in [-0.05, 0) is 71.8 Å². The second kappa shape index (κ2) is 13.2. The summed E-state index contributed by atoms with van der Waals surface area (Å²) in [7, 11) is 0. The highest BCUT2D eigenvalue weighted by Crippen LogP contribution is 2.38. The van der Waals surface area contributed by atoms with Gasteiger partial charge in [-0.15, -0.1) is 0 Å². The molecule has 0 bridgehead atoms. The normalized spacial score (nSPS) is 13.6. The first-order valence-electron chi connectivity index (χ1n) is 13.6. The first-order valence-corrected chi connectivity index (χ1v) is 15.3. The second-order valence-corrected chi connectivity index (χ2v) is 12.0. The number of anilines is 2. The van der Waals surface area contributed by atoms with Crippen molar-refractivity contribution >= 4 is 50.0 Å². The molecular formula is C32H32BrN3O3S. The highest BCUT2D eigenvalue weighted by Gasteiger charge is 2.19. The summed E-state index contributed by atoms with van der Waals surface area (Å²) in [6.45, 7) is 0.697. The summed E-state index contributed by atoms with van der Waals surface area (Å²) in [5, 5.41) is 12.4. The topological polar surface area (TPSA) is 82.5 Å². The molecule has 6 nitrogen and oxygen atoms in total. The Bertz CT molecular complexity index is 1430. The summed E-state index contributed by atoms with van der Waals surface area (Å²) >= 11 is 5.16. The number of carboxylic acids is 1. The van der Waals surface area contributed by atoms with Gasteiger partial charge in [-0.1, -0.05) is 82.9 Å². The molecule has 5 rings (SSSR count). The van der Waals surface area contributed by atoms with Crippen LogP contribution in [0.4, 0.5) is 10.8 Å². The number of halogens is 1. The Kier molecular flexibility index (Phi) is 9.29. The minimum atomic E-state index is -0.937. The van der Waals surface area contributed by atoms with E-state index in [0.717, 1.165) is 31.3 Å². The van der Waals surface area contributed by atoms with E-state index in [1.165, 1.54) is 37.7 Å². The molecule has 0 saturated heterocycles. The third-order valence-corrected chi connectivity index (χ3v) is 8.91. The minimum absolute atomic E-state index is 0.102. The lowest BCUT2D eigenvalue weighted by atomic mass is 9.84. The number of aliphatic carboxylic acids is 1. The van der Waals surface area contributed by atoms with Crippen molar-refractivity contribution in [2.75, 3.05) is 11.4 Å². The molecule has 0 spiro atoms. The summed E-state index contributed by atoms with van der Waals surface area (Å²) < 4.78 is 1.04. The Labute approximate surface area is 247 Å². The predicted molar refractivity (Wildman–Crippen MR) is 164 cm³/mol. The molecule has 0 atom stereocenters. The van der Waals surface area contributed by atoms with Crippen LogP contribution in [0.2, 0.25) is 0 Å². The van der Waals surface area contributed by atoms with Gasteiger partial charge in [0, 0.05) is 28.5 Å². The van der Waals surface area contributed by atoms with Crippen LogP contribution in [0.1, 0.15) is 65.9 Å². The standard InChI is InChI=1S/C32H32BrN3O3S/c33-27-14-10-25(11-15-27)29-20-35-32(40-29)36(28-16-12-24(13-17-28)23-4-2-1-3-5-23)21-22-6-8-26(9-7-22)31(39)34-19-18-30(37)38/h6-17,20,23H,1-5,18-19,21H2,(H,34,39)(H,37,38). The highest BCUT2D eigenvalue weighted by atomic mass is 79.9. The van der Waals surface area contributed by atoms with Gasteiger partial charge in [0.2, 0.25) is 0 Å². The maximum absolute atomic E-state index is 12.4. The quantitative estimate of drug-likeness (QED) is 0.187. The van der Waals surface area contributed by atoms with Crippen molar-refractivity contribution in [2.45, 2.75) is 51.0 Å². The van der Waals surface area contributed by atoms with Crippen LogP contribution in [0.15, 0.2) is 83.5 Å². The number of nitrogens with one attached hydrogen (secondary N) is 1. The minimum Gasteiger partial charge on any atom is -0.481 e. The average Bonchev–Trinajstić information content (AvgIpc) is 3.47. The first kappa shape index (κ1) is 28.1. The third-order valence-electron chi connectivity index (χ3n) is 7.32. The zero-order chi connectivity index (χ0) is 27.9. The number of benzene rings is 3. The van der Waals surface area contributed by atoms with E-state index in [2.05, 4.69) is 62.5 Å². The van der Waals surface area contributed by atoms with Crippen molar-refractivity contribution in [2.24, 2.45) is 0 Å². The number of carboxylic acid groups (broad SMARTS) is 1. The molecule has 1 aliphatic carbocycles. The van der Waals surface area contributed by atoms with E-state index in [9.17, 15) is 9.59 Å². The molecule has 40 heavy (non-hydrogen) atoms. The molecule has 3 aromatic carbocycles. The van der Waals surface area contributed by atoms with Gasteiger partial charge in [-0.2, -0.15) is 0 Å². The fourth-order valence-electron chi connectivity index (χ4n) is 5.10. The van der Waals surface area contributed by atoms with E-state index in [-0.39, 0.29) is 18.9 Å². The molecule has 1 fully saturated rings. The maximum atomic E-state index is 12.4. The number of nitrogens with zero attached hydrogens (tertiary/aromatic N) is 2. The van der Waals surface area contributed by atoms with Crippen LogP contribution >= 0.6 is 27.3 Å². The summed E-state index contributed by atoms with van der Waals surface area (Å²) in [5.41, 5.74) is 5.16. The summed E-state index contributed by atoms with van der Waals surface area (Å²) in [6, 6.07) is 24.6. The highest BCUT2D eigenvalue weighted by molar-refractivity contribution is 9.10. The van der Waals surface area contributed by atoms with Gasteiger partial charge in [0.25, 0.3) is 5.91 Å². The molecule has 0 aliphatic heterocycles. The SMILES string of the molecule is O=C(O)CCNC(=O)c1ccc(CN(c2ccc(C3CCCCC3)cc2)c2ncc(-c3ccc(Br)cc3)s2)cc1. The molecule has 2 N–H and O–H groups in total. The van der Waals surface area contributed by atoms with E-state index in [4.69, 9.17) is 10.1 Å². The van der Waals surface area contributed by atoms with Crippen LogP contribution < -0.4 is 10.2 Å². The number of amides is 1. The molecule has 1 aliphatic rings. The fourth-order valence-corrected chi connectivity index (χ4v) is 6.30. The smallest absolute Gasteiger partial charge is 0.305 e. The van der Waals surface area contributed by atoms with Crippen LogP contribution in [0.25, 0.3) is 10.4 Å². The van der Waals surface area contributed by atoms with Crippen LogP contribution in [-0.2, 0) is 11.3 Å². The summed E-state index contributed by atoms with van der Waals surface area (Å²) in [5.74, 6) is -0.565. The lowest BCUT2D eigenvalue weighted by molar-refractivity contribution is -0.136. The molecule has 1 amide bonds. The van der Waals surface area contributed by atoms with Crippen LogP contribution in [0, 0.1) is 0 Å². The van der Waals surface area contributed by atoms with Crippen molar-refractivity contribution in [3.05, 3.63) is 100 Å². The first-order chi connectivity index (χ1) is 19.5. The summed E-state index contributed by atoms with van der Waals surface area (Å²) in [4.78, 5) is 31.3. The van der Waals surface area contributed by atoms with Gasteiger partial charge in [0.15, 0.2) is 5.13 Å². The Morgan fingerprint density at radius 2 is 1.65 bits per heavy atom. The number of aromatic nitrogens is 1. The number of carbonyl (C=O) groups excluding carboxylic acids is 1. The van der Waals surface area contributed by atoms with E-state index in [0.29, 0.717) is 18.0 Å². The van der Waals surface area contributed by atoms with Crippen molar-refractivity contribution in [1.82, 2.24) is 10.3 Å². The molecule has 1 saturated carbocycles. The van der Waals surface area contributed by atoms with Gasteiger partial charge >= 0.3 is 5.97 Å². The van der Waals surface area contributed by atoms with Crippen molar-refractivity contribution in [1.29, 1.82) is 0 Å². The zero-order valence-electron chi connectivity index (χ0n) is 22.2. The van der Waals surface area contributed by atoms with Crippen LogP contribution in [0.5, 0.6) is 0 Å². The zero-order valence-corrected chi connectivity index (χ0v) is 24.6. The number of hydrogen-bond donors (Lipinski definition) is 2. The molecule has 1 aromatic heterocycles. The number of carbonyl (C=O) groups is 2. The largest absolute Gasteiger partial charge is 0.481 e. The maximum Gasteiger partial charge on any atom is 0.305 e. The number of rotatable bonds is 10. The second-order valence-electron chi connectivity index (χ2n) is 10.1. The lowest BCUT2D eigenvalue weighted by Crippen LogP contribution is -2.26. The van der Waals surface area contributed by atoms with Gasteiger partial charge < -0.3 is 15.3 Å². The van der Waals surface area contributed by atoms with Crippen LogP contribution in [-0.4, -0.2) is 28.5 Å². The van der Waals surface area contributed by atoms with Crippen molar-refractivity contribution < 1.29 is 14.7 Å². The third kappa shape index (κ3) is 7.17. The van der Waals surface area contributed by atoms with E-state index < -0.39 is 5.97 Å². The van der Waals surface area contributed by atoms with Gasteiger partial charge in [0.1, 0.15) is 0 Å². The average molecular weight is 619 g/mol. The predicted octanol–water partition coefficient (Wildman–Crippen LogP) is 8.16. The summed E-state index contributed by atoms with van der Waals surface area (Å²) in [6.07, 6.45) is 8.32. The van der Waals surface area contributed by atoms with Gasteiger partial charge in [0.05, 0.1) is 17.8 Å². The van der Waals surface area contributed by atoms with Crippen LogP contribution in [0.3, 0.4) is 0 Å². The molecular weight excluding hydrogens is 586 g/mol. The number of hydrogen-bond acceptors (Lipinski definition) is 5. The van der Waals surface area contributed by atoms with E-state index in [1.807, 2.05) is 30.5 Å². The molecule has 1 heterocycles. The number of thiazole rings is 1. The molecule has 206 valence electrons. The lowest BCUT2D eigenvalue weighted by Gasteiger charge is -2.25. The van der Waals surface area contributed by atoms with Crippen molar-refractivity contribution in [3.8, 4) is 10.4 Å². The Hall–Kier alpha value is -3.49. The molecule has 0 unspecified atom stereocenters. The fraction of sp³-hybridized carbons (Fsp3) is 0.281. The Morgan fingerprint density at radius 1 is 0.950 bits per heavy atom. The Balaban J connectivity index is 1.38. The van der Waals surface area contributed by atoms with E-state index >= 15 is 0 Å². The monoisotopic (exact) mass is 617 g/mol. The van der Waals surface area contributed by atoms with E-state index in [1.54, 1.807) is 23.5 Å². The molecule has 4 aromatic rings. The Morgan fingerprint density at radius 3 is 2.33 bits per heavy atom.